The molecule has 2 amide bonds. The van der Waals surface area contributed by atoms with Crippen LogP contribution in [0.1, 0.15) is 27.7 Å². The van der Waals surface area contributed by atoms with Gasteiger partial charge in [-0.2, -0.15) is 0 Å². The fourth-order valence-corrected chi connectivity index (χ4v) is 2.23. The van der Waals surface area contributed by atoms with E-state index in [0.29, 0.717) is 13.1 Å². The molecule has 0 aromatic heterocycles. The molecule has 1 saturated heterocycles. The van der Waals surface area contributed by atoms with Crippen molar-refractivity contribution in [3.8, 4) is 0 Å². The molecule has 0 aromatic rings. The smallest absolute Gasteiger partial charge is 0.242 e. The van der Waals surface area contributed by atoms with Crippen LogP contribution in [-0.4, -0.2) is 54.5 Å². The van der Waals surface area contributed by atoms with Crippen molar-refractivity contribution in [2.24, 2.45) is 11.7 Å². The van der Waals surface area contributed by atoms with Crippen molar-refractivity contribution >= 4 is 36.6 Å². The molecule has 1 heterocycles. The number of nitrogens with two attached hydrogens (primary N) is 1. The molecule has 1 rings (SSSR count). The molecule has 21 heavy (non-hydrogen) atoms. The Bertz CT molecular complexity index is 332. The molecule has 0 spiro atoms. The monoisotopic (exact) mass is 342 g/mol. The van der Waals surface area contributed by atoms with Crippen LogP contribution in [0.15, 0.2) is 0 Å². The minimum absolute atomic E-state index is 0. The van der Waals surface area contributed by atoms with Gasteiger partial charge in [0, 0.05) is 25.2 Å². The minimum Gasteiger partial charge on any atom is -0.346 e. The number of rotatable bonds is 4. The summed E-state index contributed by atoms with van der Waals surface area (Å²) >= 11 is 0. The number of halogens is 2. The Morgan fingerprint density at radius 3 is 2.14 bits per heavy atom. The highest BCUT2D eigenvalue weighted by molar-refractivity contribution is 5.87. The molecule has 1 fully saturated rings. The number of hydrogen-bond acceptors (Lipinski definition) is 4. The third kappa shape index (κ3) is 7.31. The lowest BCUT2D eigenvalue weighted by atomic mass is 10.1. The molecule has 0 aromatic carbocycles. The standard InChI is InChI=1S/C13H26N4O2.2ClH/c1-8(2)12(14)13(19)15-5-11(18)17-6-9(3)16-10(4)7-17;;/h8-10,12,16H,5-7,14H2,1-4H3,(H,15,19);2*1H/t9?,10?,12-;;/m0../s1. The van der Waals surface area contributed by atoms with Gasteiger partial charge in [0.25, 0.3) is 0 Å². The first kappa shape index (κ1) is 22.7. The van der Waals surface area contributed by atoms with E-state index in [1.165, 1.54) is 0 Å². The van der Waals surface area contributed by atoms with Crippen molar-refractivity contribution in [3.63, 3.8) is 0 Å². The summed E-state index contributed by atoms with van der Waals surface area (Å²) in [5.74, 6) is -0.251. The molecule has 0 saturated carbocycles. The fourth-order valence-electron chi connectivity index (χ4n) is 2.23. The fraction of sp³-hybridized carbons (Fsp3) is 0.846. The Hall–Kier alpha value is -0.560. The van der Waals surface area contributed by atoms with E-state index in [-0.39, 0.29) is 61.2 Å². The topological polar surface area (TPSA) is 87.5 Å². The average Bonchev–Trinajstić information content (AvgIpc) is 2.33. The summed E-state index contributed by atoms with van der Waals surface area (Å²) in [5, 5.41) is 5.98. The van der Waals surface area contributed by atoms with Crippen molar-refractivity contribution in [1.29, 1.82) is 0 Å². The minimum atomic E-state index is -0.561. The van der Waals surface area contributed by atoms with Crippen LogP contribution in [0.2, 0.25) is 0 Å². The lowest BCUT2D eigenvalue weighted by Gasteiger charge is -2.36. The van der Waals surface area contributed by atoms with Crippen LogP contribution in [0.25, 0.3) is 0 Å². The Labute approximate surface area is 139 Å². The van der Waals surface area contributed by atoms with Gasteiger partial charge in [0.15, 0.2) is 0 Å². The number of hydrogen-bond donors (Lipinski definition) is 3. The Morgan fingerprint density at radius 2 is 1.71 bits per heavy atom. The van der Waals surface area contributed by atoms with Gasteiger partial charge in [0.1, 0.15) is 0 Å². The molecule has 1 aliphatic heterocycles. The van der Waals surface area contributed by atoms with E-state index in [0.717, 1.165) is 0 Å². The van der Waals surface area contributed by atoms with Gasteiger partial charge >= 0.3 is 0 Å². The molecule has 0 aliphatic carbocycles. The van der Waals surface area contributed by atoms with Crippen molar-refractivity contribution in [2.75, 3.05) is 19.6 Å². The Morgan fingerprint density at radius 1 is 1.24 bits per heavy atom. The Balaban J connectivity index is 0. The summed E-state index contributed by atoms with van der Waals surface area (Å²) < 4.78 is 0. The predicted octanol–water partition coefficient (Wildman–Crippen LogP) is 0.138. The number of amides is 2. The number of piperazine rings is 1. The first-order chi connectivity index (χ1) is 8.81. The highest BCUT2D eigenvalue weighted by Gasteiger charge is 2.25. The van der Waals surface area contributed by atoms with E-state index >= 15 is 0 Å². The van der Waals surface area contributed by atoms with Crippen LogP contribution >= 0.6 is 24.8 Å². The third-order valence-corrected chi connectivity index (χ3v) is 3.35. The molecule has 0 bridgehead atoms. The van der Waals surface area contributed by atoms with Gasteiger partial charge in [-0.3, -0.25) is 9.59 Å². The number of carbonyl (C=O) groups excluding carboxylic acids is 2. The molecular formula is C13H28Cl2N4O2. The molecule has 8 heteroatoms. The van der Waals surface area contributed by atoms with Crippen LogP contribution in [0.4, 0.5) is 0 Å². The van der Waals surface area contributed by atoms with Gasteiger partial charge in [0.2, 0.25) is 11.8 Å². The summed E-state index contributed by atoms with van der Waals surface area (Å²) in [6.45, 7) is 9.23. The molecule has 126 valence electrons. The lowest BCUT2D eigenvalue weighted by molar-refractivity contribution is -0.134. The average molecular weight is 343 g/mol. The summed E-state index contributed by atoms with van der Waals surface area (Å²) in [7, 11) is 0. The summed E-state index contributed by atoms with van der Waals surface area (Å²) in [6.07, 6.45) is 0. The largest absolute Gasteiger partial charge is 0.346 e. The first-order valence-corrected chi connectivity index (χ1v) is 6.88. The van der Waals surface area contributed by atoms with Gasteiger partial charge in [-0.15, -0.1) is 24.8 Å². The number of carbonyl (C=O) groups is 2. The van der Waals surface area contributed by atoms with Crippen LogP contribution in [-0.2, 0) is 9.59 Å². The normalized spacial score (nSPS) is 22.9. The van der Waals surface area contributed by atoms with Crippen LogP contribution < -0.4 is 16.4 Å². The van der Waals surface area contributed by atoms with Crippen LogP contribution in [0, 0.1) is 5.92 Å². The second kappa shape index (κ2) is 10.2. The molecular weight excluding hydrogens is 315 g/mol. The van der Waals surface area contributed by atoms with Crippen LogP contribution in [0.5, 0.6) is 0 Å². The van der Waals surface area contributed by atoms with Crippen molar-refractivity contribution in [2.45, 2.75) is 45.8 Å². The van der Waals surface area contributed by atoms with Crippen molar-refractivity contribution < 1.29 is 9.59 Å². The molecule has 6 nitrogen and oxygen atoms in total. The van der Waals surface area contributed by atoms with E-state index < -0.39 is 6.04 Å². The predicted molar refractivity (Wildman–Crippen MR) is 89.0 cm³/mol. The maximum Gasteiger partial charge on any atom is 0.242 e. The number of nitrogens with one attached hydrogen (secondary N) is 2. The summed E-state index contributed by atoms with van der Waals surface area (Å²) in [6, 6.07) is -0.00341. The zero-order valence-corrected chi connectivity index (χ0v) is 14.7. The maximum absolute atomic E-state index is 12.0. The van der Waals surface area contributed by atoms with Crippen LogP contribution in [0.3, 0.4) is 0 Å². The SMILES string of the molecule is CC1CN(C(=O)CNC(=O)[C@@H](N)C(C)C)CC(C)N1.Cl.Cl. The highest BCUT2D eigenvalue weighted by Crippen LogP contribution is 2.04. The van der Waals surface area contributed by atoms with Crippen molar-refractivity contribution in [3.05, 3.63) is 0 Å². The lowest BCUT2D eigenvalue weighted by Crippen LogP contribution is -2.57. The second-order valence-corrected chi connectivity index (χ2v) is 5.76. The quantitative estimate of drug-likeness (QED) is 0.678. The van der Waals surface area contributed by atoms with Gasteiger partial charge in [0.05, 0.1) is 12.6 Å². The van der Waals surface area contributed by atoms with E-state index in [4.69, 9.17) is 5.73 Å². The zero-order valence-electron chi connectivity index (χ0n) is 13.1. The maximum atomic E-state index is 12.0. The van der Waals surface area contributed by atoms with Crippen molar-refractivity contribution in [1.82, 2.24) is 15.5 Å². The summed E-state index contributed by atoms with van der Waals surface area (Å²) in [5.41, 5.74) is 5.72. The molecule has 4 N–H and O–H groups in total. The third-order valence-electron chi connectivity index (χ3n) is 3.35. The first-order valence-electron chi connectivity index (χ1n) is 6.88. The van der Waals surface area contributed by atoms with Gasteiger partial charge in [-0.05, 0) is 19.8 Å². The van der Waals surface area contributed by atoms with Gasteiger partial charge in [-0.1, -0.05) is 13.8 Å². The molecule has 0 radical (unpaired) electrons. The summed E-state index contributed by atoms with van der Waals surface area (Å²) in [4.78, 5) is 25.5. The highest BCUT2D eigenvalue weighted by atomic mass is 35.5. The Kier molecular flexibility index (Phi) is 11.0. The number of nitrogens with zero attached hydrogens (tertiary/aromatic N) is 1. The zero-order chi connectivity index (χ0) is 14.6. The van der Waals surface area contributed by atoms with E-state index in [9.17, 15) is 9.59 Å². The van der Waals surface area contributed by atoms with E-state index in [1.54, 1.807) is 4.90 Å². The molecule has 3 atom stereocenters. The second-order valence-electron chi connectivity index (χ2n) is 5.76. The van der Waals surface area contributed by atoms with E-state index in [2.05, 4.69) is 10.6 Å². The van der Waals surface area contributed by atoms with E-state index in [1.807, 2.05) is 27.7 Å². The molecule has 1 aliphatic rings. The van der Waals surface area contributed by atoms with Gasteiger partial charge < -0.3 is 21.3 Å². The molecule has 2 unspecified atom stereocenters. The van der Waals surface area contributed by atoms with Gasteiger partial charge in [-0.25, -0.2) is 0 Å².